The monoisotopic (exact) mass is 470 g/mol. The quantitative estimate of drug-likeness (QED) is 0.263. The Bertz CT molecular complexity index is 857. The molecule has 4 rings (SSSR count). The maximum atomic E-state index is 13.7. The Morgan fingerprint density at radius 1 is 1.24 bits per heavy atom. The first-order valence-corrected chi connectivity index (χ1v) is 13.0. The lowest BCUT2D eigenvalue weighted by molar-refractivity contribution is -0.140. The molecule has 3 aliphatic rings. The van der Waals surface area contributed by atoms with Crippen LogP contribution in [0.3, 0.4) is 0 Å². The Kier molecular flexibility index (Phi) is 8.60. The Hall–Kier alpha value is -1.98. The lowest BCUT2D eigenvalue weighted by Crippen LogP contribution is -2.39. The highest BCUT2D eigenvalue weighted by molar-refractivity contribution is 5.69. The van der Waals surface area contributed by atoms with Gasteiger partial charge in [-0.05, 0) is 68.1 Å². The van der Waals surface area contributed by atoms with E-state index in [-0.39, 0.29) is 29.2 Å². The standard InChI is InChI=1S/C29H39FO4/c1-33-28(32)12-8-3-2-7-11-25-24(17-18-26(31)21-9-5-4-6-10-21)27-19-29(25,20-34-27)22-13-15-23(30)16-14-22/h2,7,13-18,21,24-27,31H,3-6,8-12,19-20H2,1H3/b7-2-,18-17+/t24-,25-,26+,27-,29-/m0/s1. The molecule has 2 bridgehead atoms. The van der Waals surface area contributed by atoms with Crippen molar-refractivity contribution < 1.29 is 23.8 Å². The molecule has 1 aromatic carbocycles. The van der Waals surface area contributed by atoms with E-state index >= 15 is 0 Å². The summed E-state index contributed by atoms with van der Waals surface area (Å²) in [5, 5.41) is 10.8. The van der Waals surface area contributed by atoms with Crippen LogP contribution < -0.4 is 0 Å². The highest BCUT2D eigenvalue weighted by atomic mass is 19.1. The van der Waals surface area contributed by atoms with E-state index in [9.17, 15) is 14.3 Å². The molecule has 2 saturated carbocycles. The summed E-state index contributed by atoms with van der Waals surface area (Å²) in [5.74, 6) is 0.516. The largest absolute Gasteiger partial charge is 0.469 e. The molecule has 186 valence electrons. The minimum absolute atomic E-state index is 0.123. The van der Waals surface area contributed by atoms with Crippen LogP contribution in [-0.4, -0.2) is 37.0 Å². The smallest absolute Gasteiger partial charge is 0.305 e. The summed E-state index contributed by atoms with van der Waals surface area (Å²) in [6.07, 6.45) is 18.1. The van der Waals surface area contributed by atoms with Gasteiger partial charge in [-0.25, -0.2) is 4.39 Å². The highest BCUT2D eigenvalue weighted by Crippen LogP contribution is 2.57. The van der Waals surface area contributed by atoms with Crippen molar-refractivity contribution in [3.8, 4) is 0 Å². The molecule has 1 aromatic rings. The lowest BCUT2D eigenvalue weighted by atomic mass is 9.69. The maximum absolute atomic E-state index is 13.7. The Morgan fingerprint density at radius 2 is 2.00 bits per heavy atom. The van der Waals surface area contributed by atoms with Crippen molar-refractivity contribution >= 4 is 5.97 Å². The summed E-state index contributed by atoms with van der Waals surface area (Å²) in [5.41, 5.74) is 1.00. The zero-order valence-electron chi connectivity index (χ0n) is 20.3. The number of methoxy groups -OCH3 is 1. The zero-order chi connectivity index (χ0) is 24.0. The van der Waals surface area contributed by atoms with E-state index < -0.39 is 6.10 Å². The number of unbranched alkanes of at least 4 members (excludes halogenated alkanes) is 1. The zero-order valence-corrected chi connectivity index (χ0v) is 20.3. The van der Waals surface area contributed by atoms with Gasteiger partial charge in [0.15, 0.2) is 0 Å². The summed E-state index contributed by atoms with van der Waals surface area (Å²) in [7, 11) is 1.42. The molecule has 4 nitrogen and oxygen atoms in total. The number of carbonyl (C=O) groups excluding carboxylic acids is 1. The minimum atomic E-state index is -0.393. The lowest BCUT2D eigenvalue weighted by Gasteiger charge is -2.38. The predicted octanol–water partition coefficient (Wildman–Crippen LogP) is 5.89. The van der Waals surface area contributed by atoms with Crippen LogP contribution >= 0.6 is 0 Å². The van der Waals surface area contributed by atoms with Gasteiger partial charge in [-0.3, -0.25) is 4.79 Å². The first-order chi connectivity index (χ1) is 16.5. The SMILES string of the molecule is COC(=O)CCC/C=C\C[C@H]1[C@H](/C=C/[C@@H](O)C2CCCCC2)[C@@H]2C[C@@]1(c1ccc(F)cc1)CO2. The normalized spacial score (nSPS) is 30.4. The maximum Gasteiger partial charge on any atom is 0.305 e. The number of rotatable bonds is 10. The van der Waals surface area contributed by atoms with Crippen LogP contribution in [0.1, 0.15) is 69.8 Å². The molecule has 0 aromatic heterocycles. The van der Waals surface area contributed by atoms with Crippen molar-refractivity contribution in [1.82, 2.24) is 0 Å². The van der Waals surface area contributed by atoms with Gasteiger partial charge in [0.1, 0.15) is 5.82 Å². The second kappa shape index (κ2) is 11.6. The molecule has 2 aliphatic carbocycles. The molecule has 5 atom stereocenters. The third-order valence-corrected chi connectivity index (χ3v) is 8.34. The van der Waals surface area contributed by atoms with E-state index in [1.54, 1.807) is 12.1 Å². The molecular formula is C29H39FO4. The first kappa shape index (κ1) is 25.1. The molecule has 0 unspecified atom stereocenters. The van der Waals surface area contributed by atoms with Crippen LogP contribution in [0.4, 0.5) is 4.39 Å². The first-order valence-electron chi connectivity index (χ1n) is 13.0. The average molecular weight is 471 g/mol. The van der Waals surface area contributed by atoms with E-state index in [1.165, 1.54) is 26.4 Å². The molecule has 1 heterocycles. The molecule has 1 N–H and O–H groups in total. The van der Waals surface area contributed by atoms with E-state index in [0.717, 1.165) is 44.1 Å². The summed E-state index contributed by atoms with van der Waals surface area (Å²) >= 11 is 0. The van der Waals surface area contributed by atoms with Crippen LogP contribution in [0.2, 0.25) is 0 Å². The van der Waals surface area contributed by atoms with Gasteiger partial charge in [-0.1, -0.05) is 55.7 Å². The summed E-state index contributed by atoms with van der Waals surface area (Å²) in [6.45, 7) is 0.652. The second-order valence-corrected chi connectivity index (χ2v) is 10.3. The van der Waals surface area contributed by atoms with Gasteiger partial charge in [0.2, 0.25) is 0 Å². The molecule has 3 fully saturated rings. The van der Waals surface area contributed by atoms with Crippen LogP contribution in [0.15, 0.2) is 48.6 Å². The van der Waals surface area contributed by atoms with E-state index in [0.29, 0.717) is 24.9 Å². The van der Waals surface area contributed by atoms with Crippen molar-refractivity contribution in [3.63, 3.8) is 0 Å². The predicted molar refractivity (Wildman–Crippen MR) is 131 cm³/mol. The Labute approximate surface area is 203 Å². The minimum Gasteiger partial charge on any atom is -0.469 e. The number of esters is 1. The van der Waals surface area contributed by atoms with Gasteiger partial charge in [0.25, 0.3) is 0 Å². The van der Waals surface area contributed by atoms with Crippen molar-refractivity contribution in [1.29, 1.82) is 0 Å². The molecule has 5 heteroatoms. The van der Waals surface area contributed by atoms with Crippen molar-refractivity contribution in [2.45, 2.75) is 81.8 Å². The number of aliphatic hydroxyl groups is 1. The van der Waals surface area contributed by atoms with Crippen LogP contribution in [0.5, 0.6) is 0 Å². The summed E-state index contributed by atoms with van der Waals surface area (Å²) < 4.78 is 24.6. The number of benzene rings is 1. The number of allylic oxidation sites excluding steroid dienone is 2. The fourth-order valence-electron chi connectivity index (χ4n) is 6.41. The van der Waals surface area contributed by atoms with E-state index in [2.05, 4.69) is 18.2 Å². The third kappa shape index (κ3) is 5.63. The van der Waals surface area contributed by atoms with Gasteiger partial charge in [0.05, 0.1) is 25.9 Å². The van der Waals surface area contributed by atoms with Gasteiger partial charge in [-0.2, -0.15) is 0 Å². The van der Waals surface area contributed by atoms with Crippen LogP contribution in [-0.2, 0) is 19.7 Å². The van der Waals surface area contributed by atoms with Crippen molar-refractivity contribution in [2.75, 3.05) is 13.7 Å². The van der Waals surface area contributed by atoms with Crippen LogP contribution in [0, 0.1) is 23.6 Å². The molecule has 0 spiro atoms. The number of hydrogen-bond acceptors (Lipinski definition) is 4. The number of halogens is 1. The topological polar surface area (TPSA) is 55.8 Å². The highest BCUT2D eigenvalue weighted by Gasteiger charge is 2.58. The molecular weight excluding hydrogens is 431 g/mol. The Balaban J connectivity index is 1.48. The number of carbonyl (C=O) groups is 1. The van der Waals surface area contributed by atoms with Gasteiger partial charge >= 0.3 is 5.97 Å². The number of fused-ring (bicyclic) bond motifs is 2. The Morgan fingerprint density at radius 3 is 2.74 bits per heavy atom. The number of aliphatic hydroxyl groups excluding tert-OH is 1. The summed E-state index contributed by atoms with van der Waals surface area (Å²) in [4.78, 5) is 11.3. The van der Waals surface area contributed by atoms with Gasteiger partial charge in [0, 0.05) is 17.8 Å². The fraction of sp³-hybridized carbons (Fsp3) is 0.621. The molecule has 1 aliphatic heterocycles. The van der Waals surface area contributed by atoms with Gasteiger partial charge < -0.3 is 14.6 Å². The summed E-state index contributed by atoms with van der Waals surface area (Å²) in [6, 6.07) is 6.93. The molecule has 0 amide bonds. The molecule has 0 radical (unpaired) electrons. The number of ether oxygens (including phenoxy) is 2. The van der Waals surface area contributed by atoms with Crippen LogP contribution in [0.25, 0.3) is 0 Å². The average Bonchev–Trinajstić information content (AvgIpc) is 3.43. The van der Waals surface area contributed by atoms with E-state index in [1.807, 2.05) is 18.2 Å². The third-order valence-electron chi connectivity index (χ3n) is 8.34. The number of hydrogen-bond donors (Lipinski definition) is 1. The van der Waals surface area contributed by atoms with Gasteiger partial charge in [-0.15, -0.1) is 0 Å². The van der Waals surface area contributed by atoms with Crippen molar-refractivity contribution in [3.05, 3.63) is 60.0 Å². The van der Waals surface area contributed by atoms with E-state index in [4.69, 9.17) is 9.47 Å². The van der Waals surface area contributed by atoms with Crippen molar-refractivity contribution in [2.24, 2.45) is 17.8 Å². The molecule has 1 saturated heterocycles. The second-order valence-electron chi connectivity index (χ2n) is 10.3. The fourth-order valence-corrected chi connectivity index (χ4v) is 6.41. The molecule has 34 heavy (non-hydrogen) atoms.